The molecule has 152 valence electrons. The van der Waals surface area contributed by atoms with Crippen molar-refractivity contribution in [3.05, 3.63) is 0 Å². The minimum Gasteiger partial charge on any atom is -0.447 e. The number of hydrogen-bond donors (Lipinski definition) is 4. The number of amides is 3. The van der Waals surface area contributed by atoms with E-state index < -0.39 is 17.9 Å². The molecule has 3 aliphatic rings. The predicted molar refractivity (Wildman–Crippen MR) is 103 cm³/mol. The quantitative estimate of drug-likeness (QED) is 0.436. The largest absolute Gasteiger partial charge is 0.447 e. The van der Waals surface area contributed by atoms with Crippen LogP contribution in [0.4, 0.5) is 4.79 Å². The zero-order chi connectivity index (χ0) is 19.2. The van der Waals surface area contributed by atoms with Crippen LogP contribution in [0.15, 0.2) is 0 Å². The molecule has 3 aliphatic heterocycles. The second kappa shape index (κ2) is 9.97. The Balaban J connectivity index is 1.47. The third-order valence-corrected chi connectivity index (χ3v) is 7.50. The molecule has 3 amide bonds. The molecule has 0 aromatic rings. The molecule has 0 radical (unpaired) electrons. The zero-order valence-corrected chi connectivity index (χ0v) is 16.8. The van der Waals surface area contributed by atoms with Crippen molar-refractivity contribution in [2.24, 2.45) is 5.92 Å². The summed E-state index contributed by atoms with van der Waals surface area (Å²) in [6, 6.07) is 0. The number of alkyl carbamates (subject to hydrolysis) is 1. The summed E-state index contributed by atoms with van der Waals surface area (Å²) >= 11 is 3.16. The summed E-state index contributed by atoms with van der Waals surface area (Å²) in [7, 11) is 1.50. The van der Waals surface area contributed by atoms with Gasteiger partial charge in [-0.15, -0.1) is 23.5 Å². The molecule has 4 N–H and O–H groups in total. The summed E-state index contributed by atoms with van der Waals surface area (Å²) in [5, 5.41) is 11.6. The average Bonchev–Trinajstić information content (AvgIpc) is 3.28. The number of carbonyl (C=O) groups is 3. The molecule has 3 heterocycles. The van der Waals surface area contributed by atoms with E-state index in [1.54, 1.807) is 11.8 Å². The molecular formula is C16H26N4O5S2. The van der Waals surface area contributed by atoms with E-state index in [1.807, 2.05) is 0 Å². The van der Waals surface area contributed by atoms with Gasteiger partial charge in [0, 0.05) is 12.4 Å². The molecule has 0 bridgehead atoms. The fourth-order valence-corrected chi connectivity index (χ4v) is 6.09. The number of hydrogen-bond acceptors (Lipinski definition) is 9. The number of carbonyl (C=O) groups excluding carboxylic acids is 3. The summed E-state index contributed by atoms with van der Waals surface area (Å²) in [6.45, 7) is 1.31. The smallest absolute Gasteiger partial charge is 0.413 e. The van der Waals surface area contributed by atoms with E-state index in [9.17, 15) is 14.4 Å². The van der Waals surface area contributed by atoms with Crippen molar-refractivity contribution >= 4 is 41.4 Å². The van der Waals surface area contributed by atoms with Gasteiger partial charge in [-0.1, -0.05) is 0 Å². The van der Waals surface area contributed by atoms with Crippen molar-refractivity contribution in [1.29, 1.82) is 0 Å². The Morgan fingerprint density at radius 1 is 1.19 bits per heavy atom. The van der Waals surface area contributed by atoms with E-state index >= 15 is 0 Å². The lowest BCUT2D eigenvalue weighted by molar-refractivity contribution is -0.125. The third-order valence-electron chi connectivity index (χ3n) is 4.74. The summed E-state index contributed by atoms with van der Waals surface area (Å²) in [5.41, 5.74) is 0. The number of rotatable bonds is 6. The molecule has 0 aromatic carbocycles. The first-order valence-corrected chi connectivity index (χ1v) is 11.1. The van der Waals surface area contributed by atoms with Crippen molar-refractivity contribution in [1.82, 2.24) is 21.3 Å². The highest BCUT2D eigenvalue weighted by atomic mass is 32.2. The van der Waals surface area contributed by atoms with Gasteiger partial charge in [0.1, 0.15) is 12.0 Å². The molecule has 0 spiro atoms. The maximum atomic E-state index is 12.6. The number of piperidine rings is 1. The molecule has 3 fully saturated rings. The molecule has 3 rings (SSSR count). The number of fused-ring (bicyclic) bond motifs is 1. The Labute approximate surface area is 166 Å². The van der Waals surface area contributed by atoms with Gasteiger partial charge in [-0.05, 0) is 31.6 Å². The molecule has 0 aliphatic carbocycles. The molecule has 0 aromatic heterocycles. The van der Waals surface area contributed by atoms with Crippen molar-refractivity contribution in [3.63, 3.8) is 0 Å². The third kappa shape index (κ3) is 5.50. The van der Waals surface area contributed by atoms with Crippen molar-refractivity contribution in [2.45, 2.75) is 41.4 Å². The second-order valence-electron chi connectivity index (χ2n) is 6.61. The van der Waals surface area contributed by atoms with Crippen LogP contribution in [0.1, 0.15) is 19.3 Å². The van der Waals surface area contributed by atoms with Crippen molar-refractivity contribution in [3.8, 4) is 0 Å². The summed E-state index contributed by atoms with van der Waals surface area (Å²) < 4.78 is 9.64. The standard InChI is InChI=1S/C16H26N4O5S2/c1-24-6-7-25-16(23)20-12(21)9-4-8-26-14(9)19-13(22)15-18-11-10(27-15)3-2-5-17-11/h9-11,14-15,17-18H,2-8H2,1H3,(H,19,22)(H,20,21,23). The van der Waals surface area contributed by atoms with Crippen LogP contribution in [-0.2, 0) is 19.1 Å². The van der Waals surface area contributed by atoms with E-state index in [4.69, 9.17) is 9.47 Å². The first-order chi connectivity index (χ1) is 13.1. The molecule has 3 saturated heterocycles. The Morgan fingerprint density at radius 2 is 2.04 bits per heavy atom. The lowest BCUT2D eigenvalue weighted by atomic mass is 10.1. The number of nitrogens with one attached hydrogen (secondary N) is 4. The molecule has 0 saturated carbocycles. The second-order valence-corrected chi connectivity index (χ2v) is 9.21. The summed E-state index contributed by atoms with van der Waals surface area (Å²) in [6.07, 6.45) is 2.18. The number of thioether (sulfide) groups is 2. The Morgan fingerprint density at radius 3 is 2.81 bits per heavy atom. The normalized spacial score (nSPS) is 32.6. The fraction of sp³-hybridized carbons (Fsp3) is 0.812. The zero-order valence-electron chi connectivity index (χ0n) is 15.2. The van der Waals surface area contributed by atoms with Gasteiger partial charge in [-0.2, -0.15) is 0 Å². The highest BCUT2D eigenvalue weighted by Gasteiger charge is 2.41. The first kappa shape index (κ1) is 20.7. The molecule has 5 unspecified atom stereocenters. The fourth-order valence-electron chi connectivity index (χ4n) is 3.35. The van der Waals surface area contributed by atoms with Gasteiger partial charge in [0.25, 0.3) is 0 Å². The summed E-state index contributed by atoms with van der Waals surface area (Å²) in [4.78, 5) is 36.6. The summed E-state index contributed by atoms with van der Waals surface area (Å²) in [5.74, 6) is -0.244. The van der Waals surface area contributed by atoms with Gasteiger partial charge in [0.2, 0.25) is 11.8 Å². The van der Waals surface area contributed by atoms with Crippen LogP contribution in [0.5, 0.6) is 0 Å². The van der Waals surface area contributed by atoms with Gasteiger partial charge < -0.3 is 20.1 Å². The molecule has 9 nitrogen and oxygen atoms in total. The van der Waals surface area contributed by atoms with Crippen LogP contribution in [0, 0.1) is 5.92 Å². The maximum absolute atomic E-state index is 12.6. The minimum absolute atomic E-state index is 0.0795. The van der Waals surface area contributed by atoms with Crippen LogP contribution >= 0.6 is 23.5 Å². The van der Waals surface area contributed by atoms with Crippen LogP contribution in [-0.4, -0.2) is 72.7 Å². The van der Waals surface area contributed by atoms with Gasteiger partial charge in [-0.25, -0.2) is 4.79 Å². The van der Waals surface area contributed by atoms with E-state index in [-0.39, 0.29) is 36.0 Å². The number of ether oxygens (including phenoxy) is 2. The number of imide groups is 1. The highest BCUT2D eigenvalue weighted by Crippen LogP contribution is 2.34. The Bertz CT molecular complexity index is 553. The Hall–Kier alpha value is -1.01. The predicted octanol–water partition coefficient (Wildman–Crippen LogP) is -0.178. The highest BCUT2D eigenvalue weighted by molar-refractivity contribution is 8.01. The van der Waals surface area contributed by atoms with Crippen LogP contribution < -0.4 is 21.3 Å². The van der Waals surface area contributed by atoms with Gasteiger partial charge >= 0.3 is 6.09 Å². The number of methoxy groups -OCH3 is 1. The van der Waals surface area contributed by atoms with E-state index in [2.05, 4.69) is 21.3 Å². The van der Waals surface area contributed by atoms with Crippen molar-refractivity contribution in [2.75, 3.05) is 32.6 Å². The van der Waals surface area contributed by atoms with Crippen LogP contribution in [0.2, 0.25) is 0 Å². The molecule has 5 atom stereocenters. The van der Waals surface area contributed by atoms with Gasteiger partial charge in [-0.3, -0.25) is 20.2 Å². The molecule has 27 heavy (non-hydrogen) atoms. The van der Waals surface area contributed by atoms with Crippen LogP contribution in [0.25, 0.3) is 0 Å². The lowest BCUT2D eigenvalue weighted by Crippen LogP contribution is -2.52. The van der Waals surface area contributed by atoms with Crippen molar-refractivity contribution < 1.29 is 23.9 Å². The minimum atomic E-state index is -0.790. The SMILES string of the molecule is COCCOC(=O)NC(=O)C1CCSC1NC(=O)C1NC2NCCCC2S1. The van der Waals surface area contributed by atoms with E-state index in [0.29, 0.717) is 11.7 Å². The van der Waals surface area contributed by atoms with Crippen LogP contribution in [0.3, 0.4) is 0 Å². The maximum Gasteiger partial charge on any atom is 0.413 e. The van der Waals surface area contributed by atoms with E-state index in [1.165, 1.54) is 18.9 Å². The van der Waals surface area contributed by atoms with E-state index in [0.717, 1.165) is 25.1 Å². The topological polar surface area (TPSA) is 118 Å². The first-order valence-electron chi connectivity index (χ1n) is 9.12. The van der Waals surface area contributed by atoms with Gasteiger partial charge in [0.15, 0.2) is 0 Å². The average molecular weight is 419 g/mol. The lowest BCUT2D eigenvalue weighted by Gasteiger charge is -2.24. The molecule has 11 heteroatoms. The Kier molecular flexibility index (Phi) is 7.65. The monoisotopic (exact) mass is 418 g/mol. The van der Waals surface area contributed by atoms with Gasteiger partial charge in [0.05, 0.1) is 24.1 Å². The molecular weight excluding hydrogens is 392 g/mol.